The van der Waals surface area contributed by atoms with Crippen LogP contribution in [-0.2, 0) is 4.74 Å². The predicted octanol–water partition coefficient (Wildman–Crippen LogP) is 4.08. The summed E-state index contributed by atoms with van der Waals surface area (Å²) >= 11 is 0. The second kappa shape index (κ2) is 8.34. The molecule has 0 radical (unpaired) electrons. The van der Waals surface area contributed by atoms with E-state index >= 15 is 0 Å². The van der Waals surface area contributed by atoms with Crippen LogP contribution in [0.25, 0.3) is 0 Å². The molecule has 2 atom stereocenters. The second-order valence-electron chi connectivity index (χ2n) is 5.50. The molecule has 0 saturated carbocycles. The Morgan fingerprint density at radius 1 is 1.26 bits per heavy atom. The Kier molecular flexibility index (Phi) is 6.38. The molecule has 0 aromatic heterocycles. The minimum atomic E-state index is 0.428. The molecule has 2 heteroatoms. The summed E-state index contributed by atoms with van der Waals surface area (Å²) < 4.78 is 5.70. The molecule has 1 aliphatic heterocycles. The fraction of sp³-hybridized carbons (Fsp3) is 0.647. The van der Waals surface area contributed by atoms with E-state index in [1.54, 1.807) is 0 Å². The molecular weight excluding hydrogens is 234 g/mol. The third kappa shape index (κ3) is 4.96. The van der Waals surface area contributed by atoms with Crippen LogP contribution in [0.2, 0.25) is 0 Å². The van der Waals surface area contributed by atoms with Crippen LogP contribution in [-0.4, -0.2) is 19.3 Å². The van der Waals surface area contributed by atoms with Crippen LogP contribution in [0.5, 0.6) is 0 Å². The SMILES string of the molecule is CCCCCC(NCC1CCCO1)c1ccccc1. The van der Waals surface area contributed by atoms with Crippen molar-refractivity contribution in [3.63, 3.8) is 0 Å². The minimum absolute atomic E-state index is 0.428. The Labute approximate surface area is 117 Å². The molecule has 1 aromatic carbocycles. The quantitative estimate of drug-likeness (QED) is 0.712. The first-order valence-corrected chi connectivity index (χ1v) is 7.80. The fourth-order valence-electron chi connectivity index (χ4n) is 2.75. The van der Waals surface area contributed by atoms with Gasteiger partial charge >= 0.3 is 0 Å². The van der Waals surface area contributed by atoms with Gasteiger partial charge in [0.2, 0.25) is 0 Å². The first kappa shape index (κ1) is 14.5. The van der Waals surface area contributed by atoms with E-state index in [2.05, 4.69) is 42.6 Å². The minimum Gasteiger partial charge on any atom is -0.377 e. The summed E-state index contributed by atoms with van der Waals surface area (Å²) in [6.07, 6.45) is 8.00. The number of hydrogen-bond acceptors (Lipinski definition) is 2. The molecular formula is C17H27NO. The number of hydrogen-bond donors (Lipinski definition) is 1. The fourth-order valence-corrected chi connectivity index (χ4v) is 2.75. The van der Waals surface area contributed by atoms with E-state index in [1.807, 2.05) is 0 Å². The number of nitrogens with one attached hydrogen (secondary N) is 1. The topological polar surface area (TPSA) is 21.3 Å². The molecule has 1 aromatic rings. The first-order chi connectivity index (χ1) is 9.40. The number of unbranched alkanes of at least 4 members (excludes halogenated alkanes) is 2. The van der Waals surface area contributed by atoms with Crippen molar-refractivity contribution in [2.45, 2.75) is 57.6 Å². The summed E-state index contributed by atoms with van der Waals surface area (Å²) in [5, 5.41) is 3.71. The highest BCUT2D eigenvalue weighted by atomic mass is 16.5. The molecule has 1 heterocycles. The molecule has 1 N–H and O–H groups in total. The van der Waals surface area contributed by atoms with E-state index in [-0.39, 0.29) is 0 Å². The van der Waals surface area contributed by atoms with Crippen molar-refractivity contribution < 1.29 is 4.74 Å². The average Bonchev–Trinajstić information content (AvgIpc) is 2.97. The number of rotatable bonds is 8. The van der Waals surface area contributed by atoms with Crippen LogP contribution in [0.4, 0.5) is 0 Å². The van der Waals surface area contributed by atoms with Crippen molar-refractivity contribution >= 4 is 0 Å². The molecule has 1 aliphatic rings. The van der Waals surface area contributed by atoms with Gasteiger partial charge < -0.3 is 10.1 Å². The second-order valence-corrected chi connectivity index (χ2v) is 5.50. The lowest BCUT2D eigenvalue weighted by molar-refractivity contribution is 0.107. The molecule has 1 fully saturated rings. The van der Waals surface area contributed by atoms with Crippen LogP contribution < -0.4 is 5.32 Å². The Morgan fingerprint density at radius 2 is 2.11 bits per heavy atom. The van der Waals surface area contributed by atoms with Gasteiger partial charge in [0.15, 0.2) is 0 Å². The Hall–Kier alpha value is -0.860. The highest BCUT2D eigenvalue weighted by Gasteiger charge is 2.17. The summed E-state index contributed by atoms with van der Waals surface area (Å²) in [5.41, 5.74) is 1.41. The van der Waals surface area contributed by atoms with Gasteiger partial charge in [-0.25, -0.2) is 0 Å². The Morgan fingerprint density at radius 3 is 2.79 bits per heavy atom. The monoisotopic (exact) mass is 261 g/mol. The van der Waals surface area contributed by atoms with Crippen LogP contribution in [0.3, 0.4) is 0 Å². The largest absolute Gasteiger partial charge is 0.377 e. The van der Waals surface area contributed by atoms with Crippen molar-refractivity contribution in [1.82, 2.24) is 5.32 Å². The molecule has 0 bridgehead atoms. The third-order valence-electron chi connectivity index (χ3n) is 3.91. The third-order valence-corrected chi connectivity index (χ3v) is 3.91. The van der Waals surface area contributed by atoms with Crippen molar-refractivity contribution in [2.24, 2.45) is 0 Å². The van der Waals surface area contributed by atoms with E-state index < -0.39 is 0 Å². The van der Waals surface area contributed by atoms with Crippen molar-refractivity contribution in [1.29, 1.82) is 0 Å². The molecule has 106 valence electrons. The van der Waals surface area contributed by atoms with Gasteiger partial charge in [-0.05, 0) is 24.8 Å². The summed E-state index contributed by atoms with van der Waals surface area (Å²) in [6, 6.07) is 11.3. The van der Waals surface area contributed by atoms with E-state index in [9.17, 15) is 0 Å². The summed E-state index contributed by atoms with van der Waals surface area (Å²) in [5.74, 6) is 0. The lowest BCUT2D eigenvalue weighted by Gasteiger charge is -2.21. The molecule has 19 heavy (non-hydrogen) atoms. The lowest BCUT2D eigenvalue weighted by atomic mass is 10.00. The van der Waals surface area contributed by atoms with Gasteiger partial charge in [-0.1, -0.05) is 56.5 Å². The molecule has 2 unspecified atom stereocenters. The summed E-state index contributed by atoms with van der Waals surface area (Å²) in [7, 11) is 0. The first-order valence-electron chi connectivity index (χ1n) is 7.80. The van der Waals surface area contributed by atoms with Crippen LogP contribution >= 0.6 is 0 Å². The van der Waals surface area contributed by atoms with Crippen LogP contribution in [0, 0.1) is 0 Å². The zero-order chi connectivity index (χ0) is 13.3. The van der Waals surface area contributed by atoms with Crippen LogP contribution in [0.1, 0.15) is 57.1 Å². The van der Waals surface area contributed by atoms with Crippen LogP contribution in [0.15, 0.2) is 30.3 Å². The molecule has 0 aliphatic carbocycles. The highest BCUT2D eigenvalue weighted by Crippen LogP contribution is 2.21. The zero-order valence-electron chi connectivity index (χ0n) is 12.1. The van der Waals surface area contributed by atoms with E-state index in [0.717, 1.165) is 13.2 Å². The van der Waals surface area contributed by atoms with Gasteiger partial charge in [0.05, 0.1) is 6.10 Å². The summed E-state index contributed by atoms with van der Waals surface area (Å²) in [6.45, 7) is 4.20. The maximum absolute atomic E-state index is 5.70. The lowest BCUT2D eigenvalue weighted by Crippen LogP contribution is -2.30. The van der Waals surface area contributed by atoms with Crippen molar-refractivity contribution in [3.05, 3.63) is 35.9 Å². The smallest absolute Gasteiger partial charge is 0.0700 e. The summed E-state index contributed by atoms with van der Waals surface area (Å²) in [4.78, 5) is 0. The van der Waals surface area contributed by atoms with Crippen molar-refractivity contribution in [3.8, 4) is 0 Å². The van der Waals surface area contributed by atoms with E-state index in [1.165, 1.54) is 44.1 Å². The van der Waals surface area contributed by atoms with Gasteiger partial charge in [0.25, 0.3) is 0 Å². The molecule has 2 nitrogen and oxygen atoms in total. The molecule has 0 amide bonds. The number of benzene rings is 1. The van der Waals surface area contributed by atoms with E-state index in [4.69, 9.17) is 4.74 Å². The molecule has 2 rings (SSSR count). The Balaban J connectivity index is 1.85. The predicted molar refractivity (Wildman–Crippen MR) is 80.3 cm³/mol. The van der Waals surface area contributed by atoms with Gasteiger partial charge in [-0.3, -0.25) is 0 Å². The van der Waals surface area contributed by atoms with Gasteiger partial charge in [0, 0.05) is 19.2 Å². The molecule has 1 saturated heterocycles. The van der Waals surface area contributed by atoms with Gasteiger partial charge in [-0.2, -0.15) is 0 Å². The maximum atomic E-state index is 5.70. The van der Waals surface area contributed by atoms with Gasteiger partial charge in [-0.15, -0.1) is 0 Å². The highest BCUT2D eigenvalue weighted by molar-refractivity contribution is 5.18. The van der Waals surface area contributed by atoms with Gasteiger partial charge in [0.1, 0.15) is 0 Å². The average molecular weight is 261 g/mol. The maximum Gasteiger partial charge on any atom is 0.0700 e. The molecule has 0 spiro atoms. The Bertz CT molecular complexity index is 332. The standard InChI is InChI=1S/C17H27NO/c1-2-3-5-12-17(15-9-6-4-7-10-15)18-14-16-11-8-13-19-16/h4,6-7,9-10,16-18H,2-3,5,8,11-14H2,1H3. The number of ether oxygens (including phenoxy) is 1. The normalized spacial score (nSPS) is 20.6. The zero-order valence-corrected chi connectivity index (χ0v) is 12.1. The van der Waals surface area contributed by atoms with Crippen molar-refractivity contribution in [2.75, 3.05) is 13.2 Å². The van der Waals surface area contributed by atoms with E-state index in [0.29, 0.717) is 12.1 Å².